The molecule has 0 saturated carbocycles. The molecule has 1 aromatic carbocycles. The van der Waals surface area contributed by atoms with Crippen LogP contribution in [0.4, 0.5) is 0 Å². The molecule has 7 heteroatoms. The first-order chi connectivity index (χ1) is 10.8. The van der Waals surface area contributed by atoms with Gasteiger partial charge in [-0.25, -0.2) is 4.63 Å². The van der Waals surface area contributed by atoms with E-state index in [2.05, 4.69) is 21.0 Å². The summed E-state index contributed by atoms with van der Waals surface area (Å²) in [6.07, 6.45) is 2.32. The van der Waals surface area contributed by atoms with Crippen molar-refractivity contribution in [2.75, 3.05) is 19.7 Å². The molecule has 1 saturated heterocycles. The van der Waals surface area contributed by atoms with Gasteiger partial charge in [-0.3, -0.25) is 4.79 Å². The van der Waals surface area contributed by atoms with Gasteiger partial charge in [0.2, 0.25) is 0 Å². The average molecular weight is 300 g/mol. The fraction of sp³-hybridized carbons (Fsp3) is 0.467. The van der Waals surface area contributed by atoms with Gasteiger partial charge in [-0.2, -0.15) is 5.26 Å². The summed E-state index contributed by atoms with van der Waals surface area (Å²) < 4.78 is 10.2. The fourth-order valence-electron chi connectivity index (χ4n) is 2.59. The van der Waals surface area contributed by atoms with Crippen LogP contribution in [0, 0.1) is 11.3 Å². The first-order valence-electron chi connectivity index (χ1n) is 7.28. The molecule has 1 unspecified atom stereocenters. The van der Waals surface area contributed by atoms with Crippen LogP contribution in [0.5, 0.6) is 0 Å². The number of fused-ring (bicyclic) bond motifs is 1. The number of aromatic nitrogens is 2. The zero-order valence-corrected chi connectivity index (χ0v) is 12.1. The van der Waals surface area contributed by atoms with Crippen molar-refractivity contribution in [1.82, 2.24) is 15.2 Å². The summed E-state index contributed by atoms with van der Waals surface area (Å²) in [6.45, 7) is 1.64. The summed E-state index contributed by atoms with van der Waals surface area (Å²) in [5.74, 6) is -0.129. The smallest absolute Gasteiger partial charge is 0.254 e. The van der Waals surface area contributed by atoms with Gasteiger partial charge in [-0.05, 0) is 41.4 Å². The third kappa shape index (κ3) is 3.07. The molecule has 2 heterocycles. The first kappa shape index (κ1) is 14.5. The standard InChI is InChI=1S/C15H16N4O3/c16-6-2-7-19(10-12-3-1-8-21-12)15(20)11-4-5-13-14(9-11)18-22-17-13/h4-5,9,12H,1-3,7-8,10H2. The maximum absolute atomic E-state index is 12.7. The van der Waals surface area contributed by atoms with E-state index in [1.165, 1.54) is 0 Å². The van der Waals surface area contributed by atoms with Crippen LogP contribution in [0.15, 0.2) is 22.8 Å². The number of ether oxygens (including phenoxy) is 1. The second-order valence-electron chi connectivity index (χ2n) is 5.26. The van der Waals surface area contributed by atoms with Crippen LogP contribution < -0.4 is 0 Å². The summed E-state index contributed by atoms with van der Waals surface area (Å²) in [4.78, 5) is 14.4. The highest BCUT2D eigenvalue weighted by molar-refractivity contribution is 5.97. The Morgan fingerprint density at radius 3 is 3.05 bits per heavy atom. The van der Waals surface area contributed by atoms with Gasteiger partial charge < -0.3 is 9.64 Å². The van der Waals surface area contributed by atoms with E-state index < -0.39 is 0 Å². The van der Waals surface area contributed by atoms with E-state index in [4.69, 9.17) is 10.00 Å². The van der Waals surface area contributed by atoms with Gasteiger partial charge >= 0.3 is 0 Å². The Hall–Kier alpha value is -2.46. The van der Waals surface area contributed by atoms with Gasteiger partial charge in [-0.1, -0.05) is 0 Å². The van der Waals surface area contributed by atoms with E-state index in [0.717, 1.165) is 19.4 Å². The number of amides is 1. The molecule has 0 spiro atoms. The van der Waals surface area contributed by atoms with Crippen molar-refractivity contribution >= 4 is 16.9 Å². The molecule has 1 aromatic heterocycles. The Bertz CT molecular complexity index is 700. The molecule has 22 heavy (non-hydrogen) atoms. The molecule has 0 radical (unpaired) electrons. The van der Waals surface area contributed by atoms with Gasteiger partial charge in [0.25, 0.3) is 5.91 Å². The molecular weight excluding hydrogens is 284 g/mol. The van der Waals surface area contributed by atoms with Crippen molar-refractivity contribution < 1.29 is 14.2 Å². The lowest BCUT2D eigenvalue weighted by Gasteiger charge is -2.24. The molecule has 7 nitrogen and oxygen atoms in total. The van der Waals surface area contributed by atoms with E-state index in [-0.39, 0.29) is 12.0 Å². The molecule has 1 atom stereocenters. The van der Waals surface area contributed by atoms with Crippen LogP contribution in [0.2, 0.25) is 0 Å². The lowest BCUT2D eigenvalue weighted by Crippen LogP contribution is -2.38. The molecule has 1 aliphatic heterocycles. The Kier molecular flexibility index (Phi) is 4.30. The van der Waals surface area contributed by atoms with Crippen molar-refractivity contribution in [3.63, 3.8) is 0 Å². The van der Waals surface area contributed by atoms with E-state index in [9.17, 15) is 4.79 Å². The molecule has 0 N–H and O–H groups in total. The van der Waals surface area contributed by atoms with Gasteiger partial charge in [-0.15, -0.1) is 0 Å². The van der Waals surface area contributed by atoms with Crippen molar-refractivity contribution in [1.29, 1.82) is 5.26 Å². The van der Waals surface area contributed by atoms with Crippen LogP contribution in [0.1, 0.15) is 29.6 Å². The zero-order chi connectivity index (χ0) is 15.4. The molecule has 3 rings (SSSR count). The lowest BCUT2D eigenvalue weighted by atomic mass is 10.1. The highest BCUT2D eigenvalue weighted by atomic mass is 16.6. The Labute approximate surface area is 127 Å². The summed E-state index contributed by atoms with van der Waals surface area (Å²) in [6, 6.07) is 7.14. The molecular formula is C15H16N4O3. The topological polar surface area (TPSA) is 92.2 Å². The highest BCUT2D eigenvalue weighted by Gasteiger charge is 2.23. The van der Waals surface area contributed by atoms with E-state index in [0.29, 0.717) is 36.1 Å². The average Bonchev–Trinajstić information content (AvgIpc) is 3.21. The number of carbonyl (C=O) groups excluding carboxylic acids is 1. The second-order valence-corrected chi connectivity index (χ2v) is 5.26. The summed E-state index contributed by atoms with van der Waals surface area (Å²) in [7, 11) is 0. The molecule has 0 aliphatic carbocycles. The number of hydrogen-bond acceptors (Lipinski definition) is 6. The fourth-order valence-corrected chi connectivity index (χ4v) is 2.59. The maximum atomic E-state index is 12.7. The maximum Gasteiger partial charge on any atom is 0.254 e. The SMILES string of the molecule is N#CCCN(CC1CCCO1)C(=O)c1ccc2nonc2c1. The summed E-state index contributed by atoms with van der Waals surface area (Å²) in [5.41, 5.74) is 1.67. The molecule has 0 bridgehead atoms. The van der Waals surface area contributed by atoms with Gasteiger partial charge in [0.1, 0.15) is 11.0 Å². The quantitative estimate of drug-likeness (QED) is 0.835. The predicted molar refractivity (Wildman–Crippen MR) is 76.9 cm³/mol. The minimum atomic E-state index is -0.129. The minimum Gasteiger partial charge on any atom is -0.376 e. The summed E-state index contributed by atoms with van der Waals surface area (Å²) >= 11 is 0. The van der Waals surface area contributed by atoms with Crippen molar-refractivity contribution in [3.05, 3.63) is 23.8 Å². The van der Waals surface area contributed by atoms with Crippen molar-refractivity contribution in [2.45, 2.75) is 25.4 Å². The zero-order valence-electron chi connectivity index (χ0n) is 12.1. The van der Waals surface area contributed by atoms with E-state index in [1.807, 2.05) is 0 Å². The lowest BCUT2D eigenvalue weighted by molar-refractivity contribution is 0.0531. The van der Waals surface area contributed by atoms with Crippen molar-refractivity contribution in [3.8, 4) is 6.07 Å². The summed E-state index contributed by atoms with van der Waals surface area (Å²) in [5, 5.41) is 16.3. The Balaban J connectivity index is 1.78. The number of benzene rings is 1. The Morgan fingerprint density at radius 1 is 1.41 bits per heavy atom. The molecule has 1 amide bonds. The predicted octanol–water partition coefficient (Wildman–Crippen LogP) is 1.76. The molecule has 1 fully saturated rings. The second kappa shape index (κ2) is 6.54. The molecule has 1 aliphatic rings. The number of hydrogen-bond donors (Lipinski definition) is 0. The van der Waals surface area contributed by atoms with E-state index in [1.54, 1.807) is 23.1 Å². The number of nitriles is 1. The van der Waals surface area contributed by atoms with E-state index >= 15 is 0 Å². The van der Waals surface area contributed by atoms with Crippen LogP contribution in [-0.2, 0) is 4.74 Å². The van der Waals surface area contributed by atoms with Gasteiger partial charge in [0.15, 0.2) is 0 Å². The third-order valence-electron chi connectivity index (χ3n) is 3.73. The van der Waals surface area contributed by atoms with Crippen LogP contribution in [-0.4, -0.2) is 46.9 Å². The first-order valence-corrected chi connectivity index (χ1v) is 7.28. The number of carbonyl (C=O) groups is 1. The number of rotatable bonds is 5. The normalized spacial score (nSPS) is 17.5. The third-order valence-corrected chi connectivity index (χ3v) is 3.73. The van der Waals surface area contributed by atoms with Gasteiger partial charge in [0.05, 0.1) is 18.6 Å². The highest BCUT2D eigenvalue weighted by Crippen LogP contribution is 2.17. The van der Waals surface area contributed by atoms with Crippen LogP contribution in [0.25, 0.3) is 11.0 Å². The molecule has 2 aromatic rings. The minimum absolute atomic E-state index is 0.0556. The van der Waals surface area contributed by atoms with Crippen LogP contribution in [0.3, 0.4) is 0 Å². The largest absolute Gasteiger partial charge is 0.376 e. The van der Waals surface area contributed by atoms with Gasteiger partial charge in [0, 0.05) is 25.3 Å². The van der Waals surface area contributed by atoms with Crippen LogP contribution >= 0.6 is 0 Å². The monoisotopic (exact) mass is 300 g/mol. The molecule has 114 valence electrons. The Morgan fingerprint density at radius 2 is 2.27 bits per heavy atom. The van der Waals surface area contributed by atoms with Crippen molar-refractivity contribution in [2.24, 2.45) is 0 Å². The number of nitrogens with zero attached hydrogens (tertiary/aromatic N) is 4.